The van der Waals surface area contributed by atoms with Crippen molar-refractivity contribution >= 4 is 0 Å². The molecule has 3 unspecified atom stereocenters. The SMILES string of the molecule is COc1ccc(OC)c(C(O)C(C)NC(C)Cc2ccc(OCc3ccccc3)c(OCc3ccccc3)c2)c1. The number of aliphatic hydroxyl groups is 1. The summed E-state index contributed by atoms with van der Waals surface area (Å²) in [5, 5.41) is 14.6. The van der Waals surface area contributed by atoms with Crippen LogP contribution in [0.2, 0.25) is 0 Å². The van der Waals surface area contributed by atoms with Gasteiger partial charge in [-0.25, -0.2) is 0 Å². The average molecular weight is 542 g/mol. The Morgan fingerprint density at radius 2 is 1.25 bits per heavy atom. The maximum Gasteiger partial charge on any atom is 0.161 e. The van der Waals surface area contributed by atoms with E-state index in [-0.39, 0.29) is 12.1 Å². The van der Waals surface area contributed by atoms with Crippen LogP contribution in [0, 0.1) is 0 Å². The van der Waals surface area contributed by atoms with Gasteiger partial charge in [-0.1, -0.05) is 66.7 Å². The number of ether oxygens (including phenoxy) is 4. The Morgan fingerprint density at radius 1 is 0.650 bits per heavy atom. The van der Waals surface area contributed by atoms with Crippen molar-refractivity contribution in [2.24, 2.45) is 0 Å². The predicted octanol–water partition coefficient (Wildman–Crippen LogP) is 6.50. The van der Waals surface area contributed by atoms with Gasteiger partial charge < -0.3 is 29.4 Å². The highest BCUT2D eigenvalue weighted by molar-refractivity contribution is 5.44. The molecule has 0 aliphatic carbocycles. The fourth-order valence-electron chi connectivity index (χ4n) is 4.67. The molecule has 40 heavy (non-hydrogen) atoms. The monoisotopic (exact) mass is 541 g/mol. The molecule has 2 N–H and O–H groups in total. The van der Waals surface area contributed by atoms with Gasteiger partial charge in [-0.05, 0) is 67.3 Å². The molecule has 4 aromatic carbocycles. The summed E-state index contributed by atoms with van der Waals surface area (Å²) in [7, 11) is 3.21. The minimum absolute atomic E-state index is 0.0827. The van der Waals surface area contributed by atoms with Gasteiger partial charge >= 0.3 is 0 Å². The average Bonchev–Trinajstić information content (AvgIpc) is 2.99. The molecule has 0 saturated carbocycles. The summed E-state index contributed by atoms with van der Waals surface area (Å²) in [6.07, 6.45) is -0.0292. The highest BCUT2D eigenvalue weighted by atomic mass is 16.5. The van der Waals surface area contributed by atoms with Gasteiger partial charge in [-0.15, -0.1) is 0 Å². The van der Waals surface area contributed by atoms with Crippen LogP contribution in [0.25, 0.3) is 0 Å². The van der Waals surface area contributed by atoms with E-state index in [1.165, 1.54) is 0 Å². The number of nitrogens with one attached hydrogen (secondary N) is 1. The van der Waals surface area contributed by atoms with Crippen molar-refractivity contribution in [2.45, 2.75) is 51.7 Å². The lowest BCUT2D eigenvalue weighted by atomic mass is 10.00. The summed E-state index contributed by atoms with van der Waals surface area (Å²) in [4.78, 5) is 0. The fourth-order valence-corrected chi connectivity index (χ4v) is 4.67. The van der Waals surface area contributed by atoms with Crippen molar-refractivity contribution in [1.29, 1.82) is 0 Å². The first-order chi connectivity index (χ1) is 19.5. The van der Waals surface area contributed by atoms with Crippen LogP contribution in [-0.4, -0.2) is 31.4 Å². The lowest BCUT2D eigenvalue weighted by Crippen LogP contribution is -2.39. The smallest absolute Gasteiger partial charge is 0.161 e. The van der Waals surface area contributed by atoms with Crippen LogP contribution in [-0.2, 0) is 19.6 Å². The minimum atomic E-state index is -0.772. The van der Waals surface area contributed by atoms with Crippen LogP contribution in [0.3, 0.4) is 0 Å². The molecule has 3 atom stereocenters. The lowest BCUT2D eigenvalue weighted by Gasteiger charge is -2.26. The summed E-state index contributed by atoms with van der Waals surface area (Å²) in [6.45, 7) is 4.99. The number of rotatable bonds is 14. The maximum absolute atomic E-state index is 11.1. The Bertz CT molecular complexity index is 1330. The maximum atomic E-state index is 11.1. The number of methoxy groups -OCH3 is 2. The minimum Gasteiger partial charge on any atom is -0.497 e. The predicted molar refractivity (Wildman–Crippen MR) is 158 cm³/mol. The standard InChI is InChI=1S/C34H39NO5/c1-24(35-25(2)34(36)30-21-29(37-3)16-18-31(30)38-4)19-28-15-17-32(39-22-26-11-7-5-8-12-26)33(20-28)40-23-27-13-9-6-10-14-27/h5-18,20-21,24-25,34-36H,19,22-23H2,1-4H3. The molecular weight excluding hydrogens is 502 g/mol. The number of hydrogen-bond donors (Lipinski definition) is 2. The van der Waals surface area contributed by atoms with E-state index in [4.69, 9.17) is 18.9 Å². The highest BCUT2D eigenvalue weighted by Gasteiger charge is 2.22. The lowest BCUT2D eigenvalue weighted by molar-refractivity contribution is 0.127. The molecule has 210 valence electrons. The second-order valence-corrected chi connectivity index (χ2v) is 9.94. The van der Waals surface area contributed by atoms with Crippen molar-refractivity contribution in [1.82, 2.24) is 5.32 Å². The fraction of sp³-hybridized carbons (Fsp3) is 0.294. The van der Waals surface area contributed by atoms with Crippen LogP contribution >= 0.6 is 0 Å². The van der Waals surface area contributed by atoms with Gasteiger partial charge in [-0.3, -0.25) is 0 Å². The Kier molecular flexibility index (Phi) is 10.4. The van der Waals surface area contributed by atoms with E-state index in [1.54, 1.807) is 14.2 Å². The van der Waals surface area contributed by atoms with Crippen LogP contribution in [0.15, 0.2) is 97.1 Å². The first-order valence-corrected chi connectivity index (χ1v) is 13.6. The van der Waals surface area contributed by atoms with Crippen molar-refractivity contribution in [3.8, 4) is 23.0 Å². The second kappa shape index (κ2) is 14.4. The van der Waals surface area contributed by atoms with Crippen molar-refractivity contribution in [3.05, 3.63) is 119 Å². The molecule has 0 bridgehead atoms. The number of hydrogen-bond acceptors (Lipinski definition) is 6. The van der Waals surface area contributed by atoms with Gasteiger partial charge in [0.15, 0.2) is 11.5 Å². The Morgan fingerprint density at radius 3 is 1.85 bits per heavy atom. The quantitative estimate of drug-likeness (QED) is 0.190. The largest absolute Gasteiger partial charge is 0.497 e. The Balaban J connectivity index is 1.44. The van der Waals surface area contributed by atoms with Gasteiger partial charge in [-0.2, -0.15) is 0 Å². The summed E-state index contributed by atoms with van der Waals surface area (Å²) in [5.41, 5.74) is 3.98. The molecule has 6 heteroatoms. The number of benzene rings is 4. The third kappa shape index (κ3) is 8.01. The number of aliphatic hydroxyl groups excluding tert-OH is 1. The van der Waals surface area contributed by atoms with Crippen LogP contribution in [0.1, 0.15) is 42.2 Å². The van der Waals surface area contributed by atoms with Gasteiger partial charge in [0.25, 0.3) is 0 Å². The van der Waals surface area contributed by atoms with E-state index in [9.17, 15) is 5.11 Å². The van der Waals surface area contributed by atoms with Crippen molar-refractivity contribution < 1.29 is 24.1 Å². The molecule has 0 saturated heterocycles. The van der Waals surface area contributed by atoms with Crippen LogP contribution in [0.5, 0.6) is 23.0 Å². The zero-order valence-corrected chi connectivity index (χ0v) is 23.7. The molecule has 4 rings (SSSR count). The summed E-state index contributed by atoms with van der Waals surface area (Å²) >= 11 is 0. The highest BCUT2D eigenvalue weighted by Crippen LogP contribution is 2.32. The summed E-state index contributed by atoms with van der Waals surface area (Å²) in [5.74, 6) is 2.71. The van der Waals surface area contributed by atoms with E-state index in [1.807, 2.05) is 97.9 Å². The van der Waals surface area contributed by atoms with Gasteiger partial charge in [0.05, 0.1) is 20.3 Å². The first-order valence-electron chi connectivity index (χ1n) is 13.6. The topological polar surface area (TPSA) is 69.2 Å². The van der Waals surface area contributed by atoms with E-state index in [2.05, 4.69) is 18.3 Å². The molecule has 0 radical (unpaired) electrons. The molecule has 0 aromatic heterocycles. The van der Waals surface area contributed by atoms with Crippen LogP contribution < -0.4 is 24.3 Å². The van der Waals surface area contributed by atoms with Gasteiger partial charge in [0.1, 0.15) is 24.7 Å². The summed E-state index contributed by atoms with van der Waals surface area (Å²) in [6, 6.07) is 31.6. The van der Waals surface area contributed by atoms with E-state index < -0.39 is 6.10 Å². The van der Waals surface area contributed by atoms with Crippen molar-refractivity contribution in [3.63, 3.8) is 0 Å². The molecule has 0 spiro atoms. The Labute approximate surface area is 237 Å². The molecule has 0 aliphatic rings. The zero-order valence-electron chi connectivity index (χ0n) is 23.7. The molecular formula is C34H39NO5. The molecule has 0 fully saturated rings. The molecule has 0 amide bonds. The third-order valence-corrected chi connectivity index (χ3v) is 6.80. The van der Waals surface area contributed by atoms with Gasteiger partial charge in [0, 0.05) is 17.6 Å². The van der Waals surface area contributed by atoms with E-state index in [0.29, 0.717) is 41.8 Å². The zero-order chi connectivity index (χ0) is 28.3. The first kappa shape index (κ1) is 29.0. The van der Waals surface area contributed by atoms with Gasteiger partial charge in [0.2, 0.25) is 0 Å². The Hall–Kier alpha value is -4.00. The molecule has 4 aromatic rings. The van der Waals surface area contributed by atoms with E-state index >= 15 is 0 Å². The molecule has 0 aliphatic heterocycles. The van der Waals surface area contributed by atoms with Crippen molar-refractivity contribution in [2.75, 3.05) is 14.2 Å². The molecule has 0 heterocycles. The summed E-state index contributed by atoms with van der Waals surface area (Å²) < 4.78 is 23.2. The normalized spacial score (nSPS) is 13.2. The third-order valence-electron chi connectivity index (χ3n) is 6.80. The van der Waals surface area contributed by atoms with E-state index in [0.717, 1.165) is 23.1 Å². The second-order valence-electron chi connectivity index (χ2n) is 9.94. The van der Waals surface area contributed by atoms with Crippen LogP contribution in [0.4, 0.5) is 0 Å². The molecule has 6 nitrogen and oxygen atoms in total.